The van der Waals surface area contributed by atoms with Crippen molar-refractivity contribution in [3.8, 4) is 0 Å². The highest BCUT2D eigenvalue weighted by Gasteiger charge is 2.07. The van der Waals surface area contributed by atoms with Crippen LogP contribution in [0.15, 0.2) is 48.7 Å². The van der Waals surface area contributed by atoms with Gasteiger partial charge in [-0.3, -0.25) is 0 Å². The van der Waals surface area contributed by atoms with E-state index >= 15 is 0 Å². The highest BCUT2D eigenvalue weighted by atomic mass is 15.0. The molecule has 0 aliphatic heterocycles. The van der Waals surface area contributed by atoms with E-state index in [1.54, 1.807) is 0 Å². The maximum atomic E-state index is 4.50. The number of nitrogens with zero attached hydrogens (tertiary/aromatic N) is 1. The fourth-order valence-electron chi connectivity index (χ4n) is 2.71. The number of anilines is 2. The van der Waals surface area contributed by atoms with Crippen LogP contribution in [0, 0.1) is 20.8 Å². The molecule has 3 aromatic rings. The topological polar surface area (TPSA) is 24.9 Å². The average Bonchev–Trinajstić information content (AvgIpc) is 2.43. The summed E-state index contributed by atoms with van der Waals surface area (Å²) < 4.78 is 0. The number of aryl methyl sites for hydroxylation is 3. The van der Waals surface area contributed by atoms with Crippen molar-refractivity contribution in [2.45, 2.75) is 20.8 Å². The normalized spacial score (nSPS) is 10.8. The van der Waals surface area contributed by atoms with Crippen molar-refractivity contribution in [2.24, 2.45) is 0 Å². The molecule has 2 aromatic carbocycles. The summed E-state index contributed by atoms with van der Waals surface area (Å²) in [5.74, 6) is 0.915. The van der Waals surface area contributed by atoms with E-state index in [0.29, 0.717) is 0 Å². The van der Waals surface area contributed by atoms with Crippen molar-refractivity contribution in [3.05, 3.63) is 65.4 Å². The van der Waals surface area contributed by atoms with Crippen LogP contribution in [0.5, 0.6) is 0 Å². The van der Waals surface area contributed by atoms with Gasteiger partial charge in [0.1, 0.15) is 5.82 Å². The Kier molecular flexibility index (Phi) is 3.15. The first kappa shape index (κ1) is 12.7. The fourth-order valence-corrected chi connectivity index (χ4v) is 2.71. The monoisotopic (exact) mass is 262 g/mol. The second-order valence-corrected chi connectivity index (χ2v) is 5.28. The van der Waals surface area contributed by atoms with Crippen LogP contribution < -0.4 is 5.32 Å². The molecule has 0 amide bonds. The van der Waals surface area contributed by atoms with E-state index in [1.165, 1.54) is 22.1 Å². The van der Waals surface area contributed by atoms with Gasteiger partial charge in [-0.15, -0.1) is 0 Å². The van der Waals surface area contributed by atoms with Gasteiger partial charge in [-0.25, -0.2) is 4.98 Å². The Morgan fingerprint density at radius 1 is 0.900 bits per heavy atom. The zero-order valence-electron chi connectivity index (χ0n) is 12.1. The van der Waals surface area contributed by atoms with Gasteiger partial charge in [-0.2, -0.15) is 0 Å². The summed E-state index contributed by atoms with van der Waals surface area (Å²) in [5.41, 5.74) is 4.94. The number of aromatic nitrogens is 1. The van der Waals surface area contributed by atoms with Crippen molar-refractivity contribution in [3.63, 3.8) is 0 Å². The maximum Gasteiger partial charge on any atom is 0.138 e. The second-order valence-electron chi connectivity index (χ2n) is 5.28. The molecule has 1 heterocycles. The molecule has 0 atom stereocenters. The first-order valence-corrected chi connectivity index (χ1v) is 6.84. The standard InChI is InChI=1S/C18H18N2/c1-12-10-13(2)17(14(3)11-12)20-18-16-7-5-4-6-15(16)8-9-19-18/h4-11H,1-3H3,(H,19,20). The summed E-state index contributed by atoms with van der Waals surface area (Å²) >= 11 is 0. The summed E-state index contributed by atoms with van der Waals surface area (Å²) in [6.45, 7) is 6.39. The summed E-state index contributed by atoms with van der Waals surface area (Å²) in [7, 11) is 0. The molecule has 1 aromatic heterocycles. The fraction of sp³-hybridized carbons (Fsp3) is 0.167. The Morgan fingerprint density at radius 2 is 1.60 bits per heavy atom. The van der Waals surface area contributed by atoms with Gasteiger partial charge in [0.2, 0.25) is 0 Å². The van der Waals surface area contributed by atoms with Gasteiger partial charge in [0.05, 0.1) is 0 Å². The lowest BCUT2D eigenvalue weighted by atomic mass is 10.0. The molecule has 20 heavy (non-hydrogen) atoms. The molecule has 100 valence electrons. The molecule has 2 nitrogen and oxygen atoms in total. The average molecular weight is 262 g/mol. The zero-order valence-corrected chi connectivity index (χ0v) is 12.1. The number of pyridine rings is 1. The van der Waals surface area contributed by atoms with Crippen molar-refractivity contribution in [1.29, 1.82) is 0 Å². The van der Waals surface area contributed by atoms with Gasteiger partial charge < -0.3 is 5.32 Å². The van der Waals surface area contributed by atoms with Crippen LogP contribution in [-0.4, -0.2) is 4.98 Å². The minimum atomic E-state index is 0.915. The highest BCUT2D eigenvalue weighted by molar-refractivity contribution is 5.93. The predicted molar refractivity (Wildman–Crippen MR) is 85.7 cm³/mol. The lowest BCUT2D eigenvalue weighted by molar-refractivity contribution is 1.28. The molecular formula is C18H18N2. The van der Waals surface area contributed by atoms with Crippen LogP contribution >= 0.6 is 0 Å². The van der Waals surface area contributed by atoms with Gasteiger partial charge in [0, 0.05) is 17.3 Å². The maximum absolute atomic E-state index is 4.50. The highest BCUT2D eigenvalue weighted by Crippen LogP contribution is 2.28. The first-order valence-electron chi connectivity index (χ1n) is 6.84. The molecule has 2 heteroatoms. The van der Waals surface area contributed by atoms with Gasteiger partial charge in [-0.1, -0.05) is 42.0 Å². The van der Waals surface area contributed by atoms with Crippen molar-refractivity contribution in [1.82, 2.24) is 4.98 Å². The van der Waals surface area contributed by atoms with Crippen LogP contribution in [-0.2, 0) is 0 Å². The molecule has 0 aliphatic rings. The summed E-state index contributed by atoms with van der Waals surface area (Å²) in [6, 6.07) is 14.7. The quantitative estimate of drug-likeness (QED) is 0.710. The van der Waals surface area contributed by atoms with Crippen LogP contribution in [0.4, 0.5) is 11.5 Å². The number of fused-ring (bicyclic) bond motifs is 1. The summed E-state index contributed by atoms with van der Waals surface area (Å²) in [6.07, 6.45) is 1.85. The second kappa shape index (κ2) is 4.97. The van der Waals surface area contributed by atoms with Crippen LogP contribution in [0.25, 0.3) is 10.8 Å². The molecular weight excluding hydrogens is 244 g/mol. The third-order valence-corrected chi connectivity index (χ3v) is 3.59. The van der Waals surface area contributed by atoms with Crippen LogP contribution in [0.2, 0.25) is 0 Å². The predicted octanol–water partition coefficient (Wildman–Crippen LogP) is 4.90. The van der Waals surface area contributed by atoms with Crippen LogP contribution in [0.3, 0.4) is 0 Å². The van der Waals surface area contributed by atoms with Gasteiger partial charge in [0.15, 0.2) is 0 Å². The molecule has 0 radical (unpaired) electrons. The lowest BCUT2D eigenvalue weighted by Gasteiger charge is -2.14. The van der Waals surface area contributed by atoms with E-state index < -0.39 is 0 Å². The third-order valence-electron chi connectivity index (χ3n) is 3.59. The smallest absolute Gasteiger partial charge is 0.138 e. The molecule has 3 rings (SSSR count). The Balaban J connectivity index is 2.10. The zero-order chi connectivity index (χ0) is 14.1. The number of benzene rings is 2. The number of rotatable bonds is 2. The number of hydrogen-bond donors (Lipinski definition) is 1. The van der Waals surface area contributed by atoms with E-state index in [9.17, 15) is 0 Å². The molecule has 0 saturated carbocycles. The van der Waals surface area contributed by atoms with Gasteiger partial charge in [-0.05, 0) is 43.4 Å². The van der Waals surface area contributed by atoms with Crippen LogP contribution in [0.1, 0.15) is 16.7 Å². The van der Waals surface area contributed by atoms with E-state index in [0.717, 1.165) is 16.9 Å². The van der Waals surface area contributed by atoms with Crippen molar-refractivity contribution >= 4 is 22.3 Å². The molecule has 0 aliphatic carbocycles. The minimum Gasteiger partial charge on any atom is -0.339 e. The number of hydrogen-bond acceptors (Lipinski definition) is 2. The minimum absolute atomic E-state index is 0.915. The van der Waals surface area contributed by atoms with Gasteiger partial charge >= 0.3 is 0 Å². The molecule has 0 bridgehead atoms. The Morgan fingerprint density at radius 3 is 2.35 bits per heavy atom. The SMILES string of the molecule is Cc1cc(C)c(Nc2nccc3ccccc23)c(C)c1. The van der Waals surface area contributed by atoms with E-state index in [-0.39, 0.29) is 0 Å². The first-order chi connectivity index (χ1) is 9.65. The van der Waals surface area contributed by atoms with Crippen molar-refractivity contribution in [2.75, 3.05) is 5.32 Å². The third kappa shape index (κ3) is 2.25. The molecule has 0 spiro atoms. The Labute approximate surface area is 119 Å². The van der Waals surface area contributed by atoms with E-state index in [4.69, 9.17) is 0 Å². The molecule has 0 fully saturated rings. The van der Waals surface area contributed by atoms with E-state index in [1.807, 2.05) is 18.3 Å². The molecule has 1 N–H and O–H groups in total. The van der Waals surface area contributed by atoms with E-state index in [2.05, 4.69) is 61.4 Å². The Hall–Kier alpha value is -2.35. The molecule has 0 unspecified atom stereocenters. The molecule has 0 saturated heterocycles. The van der Waals surface area contributed by atoms with Crippen molar-refractivity contribution < 1.29 is 0 Å². The lowest BCUT2D eigenvalue weighted by Crippen LogP contribution is -1.99. The Bertz CT molecular complexity index is 747. The largest absolute Gasteiger partial charge is 0.339 e. The summed E-state index contributed by atoms with van der Waals surface area (Å²) in [4.78, 5) is 4.50. The number of nitrogens with one attached hydrogen (secondary N) is 1. The summed E-state index contributed by atoms with van der Waals surface area (Å²) in [5, 5.41) is 5.85. The van der Waals surface area contributed by atoms with Gasteiger partial charge in [0.25, 0.3) is 0 Å².